The van der Waals surface area contributed by atoms with Crippen LogP contribution in [0, 0.1) is 0 Å². The van der Waals surface area contributed by atoms with Gasteiger partial charge < -0.3 is 4.90 Å². The van der Waals surface area contributed by atoms with E-state index in [0.717, 1.165) is 6.42 Å². The Hall–Kier alpha value is -5.92. The lowest BCUT2D eigenvalue weighted by Crippen LogP contribution is -2.18. The van der Waals surface area contributed by atoms with Crippen LogP contribution < -0.4 is 4.90 Å². The van der Waals surface area contributed by atoms with Gasteiger partial charge in [-0.05, 0) is 149 Å². The Kier molecular flexibility index (Phi) is 5.92. The predicted octanol–water partition coefficient (Wildman–Crippen LogP) is 13.6. The summed E-state index contributed by atoms with van der Waals surface area (Å²) in [6, 6.07) is 57.6. The van der Waals surface area contributed by atoms with Gasteiger partial charge in [0.1, 0.15) is 0 Å². The fraction of sp³-hybridized carbons (Fsp3) is 0.137. The molecule has 0 unspecified atom stereocenters. The van der Waals surface area contributed by atoms with E-state index in [4.69, 9.17) is 0 Å². The summed E-state index contributed by atoms with van der Waals surface area (Å²) >= 11 is 0. The van der Waals surface area contributed by atoms with Gasteiger partial charge in [0, 0.05) is 27.9 Å². The Balaban J connectivity index is 1.09. The van der Waals surface area contributed by atoms with E-state index < -0.39 is 0 Å². The van der Waals surface area contributed by atoms with Crippen molar-refractivity contribution in [2.24, 2.45) is 0 Å². The normalized spacial score (nSPS) is 15.2. The Bertz CT molecular complexity index is 2830. The van der Waals surface area contributed by atoms with Crippen LogP contribution >= 0.6 is 0 Å². The highest BCUT2D eigenvalue weighted by atomic mass is 15.1. The maximum absolute atomic E-state index is 2.51. The van der Waals surface area contributed by atoms with Gasteiger partial charge in [-0.25, -0.2) is 0 Å². The summed E-state index contributed by atoms with van der Waals surface area (Å²) in [4.78, 5) is 2.51. The molecule has 52 heavy (non-hydrogen) atoms. The quantitative estimate of drug-likeness (QED) is 0.182. The second kappa shape index (κ2) is 10.3. The van der Waals surface area contributed by atoms with Crippen molar-refractivity contribution in [3.63, 3.8) is 0 Å². The van der Waals surface area contributed by atoms with Crippen LogP contribution in [0.1, 0.15) is 61.1 Å². The van der Waals surface area contributed by atoms with Crippen LogP contribution in [0.4, 0.5) is 17.1 Å². The van der Waals surface area contributed by atoms with Crippen molar-refractivity contribution >= 4 is 38.6 Å². The van der Waals surface area contributed by atoms with E-state index in [1.807, 2.05) is 0 Å². The maximum Gasteiger partial charge on any atom is 0.0465 e. The summed E-state index contributed by atoms with van der Waals surface area (Å²) in [5.74, 6) is 0. The largest absolute Gasteiger partial charge is 0.310 e. The first-order valence-corrected chi connectivity index (χ1v) is 18.6. The summed E-state index contributed by atoms with van der Waals surface area (Å²) in [5.41, 5.74) is 19.9. The van der Waals surface area contributed by atoms with E-state index in [9.17, 15) is 0 Å². The van der Waals surface area contributed by atoms with E-state index >= 15 is 0 Å². The number of hydrogen-bond donors (Lipinski definition) is 0. The van der Waals surface area contributed by atoms with E-state index in [0.29, 0.717) is 0 Å². The molecule has 248 valence electrons. The molecule has 0 atom stereocenters. The van der Waals surface area contributed by atoms with Crippen LogP contribution in [0.5, 0.6) is 0 Å². The zero-order chi connectivity index (χ0) is 34.9. The molecule has 8 aromatic carbocycles. The Morgan fingerprint density at radius 3 is 1.46 bits per heavy atom. The molecule has 1 heteroatoms. The standard InChI is InChI=1S/C51H39N/c1-50(2)46-16-10-9-15-41(46)42-21-18-38(29-48(42)50)52(37-17-20-40-36(25-37)24-35-23-31-11-5-6-12-32(31)26-44(35)40)39-19-22-43-45-27-33-13-7-8-14-34(33)28-47(45)51(3,4)49(43)30-39/h5-23,25-30H,24H2,1-4H3. The number of hydrogen-bond acceptors (Lipinski definition) is 1. The number of fused-ring (bicyclic) bond motifs is 11. The van der Waals surface area contributed by atoms with Crippen LogP contribution in [0.3, 0.4) is 0 Å². The molecule has 0 heterocycles. The lowest BCUT2D eigenvalue weighted by atomic mass is 9.81. The zero-order valence-electron chi connectivity index (χ0n) is 30.1. The Morgan fingerprint density at radius 1 is 0.346 bits per heavy atom. The van der Waals surface area contributed by atoms with E-state index in [2.05, 4.69) is 184 Å². The highest BCUT2D eigenvalue weighted by molar-refractivity contribution is 5.96. The molecule has 0 bridgehead atoms. The first-order chi connectivity index (χ1) is 25.3. The van der Waals surface area contributed by atoms with Gasteiger partial charge in [-0.3, -0.25) is 0 Å². The topological polar surface area (TPSA) is 3.24 Å². The molecule has 0 saturated carbocycles. The molecule has 3 aliphatic carbocycles. The molecule has 0 fully saturated rings. The lowest BCUT2D eigenvalue weighted by Gasteiger charge is -2.30. The molecule has 0 amide bonds. The van der Waals surface area contributed by atoms with Gasteiger partial charge in [-0.2, -0.15) is 0 Å². The Morgan fingerprint density at radius 2 is 0.788 bits per heavy atom. The highest BCUT2D eigenvalue weighted by Gasteiger charge is 2.38. The third-order valence-electron chi connectivity index (χ3n) is 12.6. The monoisotopic (exact) mass is 665 g/mol. The van der Waals surface area contributed by atoms with Crippen molar-refractivity contribution in [3.05, 3.63) is 185 Å². The maximum atomic E-state index is 2.51. The fourth-order valence-corrected chi connectivity index (χ4v) is 9.85. The molecule has 0 spiro atoms. The van der Waals surface area contributed by atoms with Crippen molar-refractivity contribution in [2.75, 3.05) is 4.90 Å². The second-order valence-corrected chi connectivity index (χ2v) is 16.2. The molecular weight excluding hydrogens is 627 g/mol. The molecule has 1 nitrogen and oxygen atoms in total. The first-order valence-electron chi connectivity index (χ1n) is 18.6. The van der Waals surface area contributed by atoms with Gasteiger partial charge >= 0.3 is 0 Å². The second-order valence-electron chi connectivity index (χ2n) is 16.2. The van der Waals surface area contributed by atoms with E-state index in [1.165, 1.54) is 105 Å². The lowest BCUT2D eigenvalue weighted by molar-refractivity contribution is 0.660. The third-order valence-corrected chi connectivity index (χ3v) is 12.6. The minimum atomic E-state index is -0.125. The highest BCUT2D eigenvalue weighted by Crippen LogP contribution is 2.54. The average molecular weight is 666 g/mol. The summed E-state index contributed by atoms with van der Waals surface area (Å²) < 4.78 is 0. The van der Waals surface area contributed by atoms with Gasteiger partial charge in [-0.15, -0.1) is 0 Å². The first kappa shape index (κ1) is 29.8. The van der Waals surface area contributed by atoms with Crippen LogP contribution in [0.2, 0.25) is 0 Å². The Labute approximate surface area is 305 Å². The predicted molar refractivity (Wildman–Crippen MR) is 220 cm³/mol. The molecular formula is C51H39N. The minimum absolute atomic E-state index is 0.0846. The number of benzene rings is 8. The van der Waals surface area contributed by atoms with Crippen molar-refractivity contribution in [2.45, 2.75) is 44.9 Å². The smallest absolute Gasteiger partial charge is 0.0465 e. The SMILES string of the molecule is CC1(C)c2ccccc2-c2ccc(N(c3ccc4c(c3)Cc3cc5ccccc5cc3-4)c3ccc4c(c3)C(C)(C)c3cc5ccccc5cc3-4)cc21. The van der Waals surface area contributed by atoms with Gasteiger partial charge in [0.05, 0.1) is 0 Å². The van der Waals surface area contributed by atoms with Crippen LogP contribution in [-0.4, -0.2) is 0 Å². The summed E-state index contributed by atoms with van der Waals surface area (Å²) in [5, 5.41) is 5.21. The van der Waals surface area contributed by atoms with Gasteiger partial charge in [0.2, 0.25) is 0 Å². The molecule has 3 aliphatic rings. The van der Waals surface area contributed by atoms with Crippen molar-refractivity contribution < 1.29 is 0 Å². The molecule has 11 rings (SSSR count). The van der Waals surface area contributed by atoms with E-state index in [-0.39, 0.29) is 10.8 Å². The summed E-state index contributed by atoms with van der Waals surface area (Å²) in [6.45, 7) is 9.54. The molecule has 0 N–H and O–H groups in total. The average Bonchev–Trinajstić information content (AvgIpc) is 3.71. The van der Waals surface area contributed by atoms with Gasteiger partial charge in [0.25, 0.3) is 0 Å². The minimum Gasteiger partial charge on any atom is -0.310 e. The van der Waals surface area contributed by atoms with Crippen molar-refractivity contribution in [1.82, 2.24) is 0 Å². The van der Waals surface area contributed by atoms with Crippen molar-refractivity contribution in [3.8, 4) is 33.4 Å². The third kappa shape index (κ3) is 4.05. The van der Waals surface area contributed by atoms with Gasteiger partial charge in [-0.1, -0.05) is 125 Å². The molecule has 8 aromatic rings. The van der Waals surface area contributed by atoms with Crippen molar-refractivity contribution in [1.29, 1.82) is 0 Å². The van der Waals surface area contributed by atoms with E-state index in [1.54, 1.807) is 0 Å². The van der Waals surface area contributed by atoms with Gasteiger partial charge in [0.15, 0.2) is 0 Å². The summed E-state index contributed by atoms with van der Waals surface area (Å²) in [6.07, 6.45) is 0.948. The zero-order valence-corrected chi connectivity index (χ0v) is 30.1. The van der Waals surface area contributed by atoms with Crippen LogP contribution in [0.15, 0.2) is 152 Å². The number of anilines is 3. The number of rotatable bonds is 3. The fourth-order valence-electron chi connectivity index (χ4n) is 9.85. The molecule has 0 aromatic heterocycles. The molecule has 0 radical (unpaired) electrons. The summed E-state index contributed by atoms with van der Waals surface area (Å²) in [7, 11) is 0. The van der Waals surface area contributed by atoms with Crippen LogP contribution in [0.25, 0.3) is 54.9 Å². The molecule has 0 aliphatic heterocycles. The number of nitrogens with zero attached hydrogens (tertiary/aromatic N) is 1. The van der Waals surface area contributed by atoms with Crippen LogP contribution in [-0.2, 0) is 17.3 Å². The molecule has 0 saturated heterocycles.